The maximum atomic E-state index is 11.0. The van der Waals surface area contributed by atoms with Gasteiger partial charge in [-0.25, -0.2) is 14.5 Å². The zero-order valence-corrected chi connectivity index (χ0v) is 11.3. The molecule has 0 spiro atoms. The molecule has 2 aromatic heterocycles. The van der Waals surface area contributed by atoms with Gasteiger partial charge in [-0.1, -0.05) is 13.8 Å². The highest BCUT2D eigenvalue weighted by Crippen LogP contribution is 2.16. The van der Waals surface area contributed by atoms with E-state index in [0.717, 1.165) is 24.5 Å². The molecule has 0 amide bonds. The average Bonchev–Trinajstić information content (AvgIpc) is 2.93. The molecule has 0 saturated carbocycles. The van der Waals surface area contributed by atoms with Crippen molar-refractivity contribution in [3.05, 3.63) is 34.8 Å². The number of carboxylic acids is 1. The summed E-state index contributed by atoms with van der Waals surface area (Å²) in [6, 6.07) is 1.55. The van der Waals surface area contributed by atoms with Gasteiger partial charge in [-0.2, -0.15) is 5.10 Å². The van der Waals surface area contributed by atoms with Gasteiger partial charge in [0.05, 0.1) is 0 Å². The third-order valence-electron chi connectivity index (χ3n) is 2.93. The molecule has 6 heteroatoms. The third kappa shape index (κ3) is 2.67. The normalized spacial score (nSPS) is 10.9. The van der Waals surface area contributed by atoms with Gasteiger partial charge in [0, 0.05) is 12.8 Å². The van der Waals surface area contributed by atoms with Crippen LogP contribution in [0.15, 0.2) is 10.5 Å². The van der Waals surface area contributed by atoms with Crippen molar-refractivity contribution in [2.75, 3.05) is 0 Å². The van der Waals surface area contributed by atoms with Gasteiger partial charge >= 0.3 is 5.97 Å². The van der Waals surface area contributed by atoms with Gasteiger partial charge in [-0.15, -0.1) is 0 Å². The predicted octanol–water partition coefficient (Wildman–Crippen LogP) is 2.05. The van der Waals surface area contributed by atoms with E-state index in [0.29, 0.717) is 18.1 Å². The molecule has 0 aliphatic heterocycles. The minimum Gasteiger partial charge on any atom is -0.478 e. The number of aromatic nitrogens is 3. The number of aromatic carboxylic acids is 1. The molecule has 0 aromatic carbocycles. The lowest BCUT2D eigenvalue weighted by molar-refractivity contribution is 0.0695. The number of aryl methyl sites for hydroxylation is 3. The van der Waals surface area contributed by atoms with E-state index < -0.39 is 5.97 Å². The van der Waals surface area contributed by atoms with Crippen LogP contribution in [0.3, 0.4) is 0 Å². The third-order valence-corrected chi connectivity index (χ3v) is 2.93. The number of rotatable bonds is 5. The van der Waals surface area contributed by atoms with Gasteiger partial charge in [-0.3, -0.25) is 0 Å². The van der Waals surface area contributed by atoms with E-state index in [4.69, 9.17) is 9.52 Å². The number of furan rings is 1. The SMILES string of the molecule is CCc1nc(CC)n(Cc2cc(C(=O)O)c(C)o2)n1. The molecule has 2 rings (SSSR count). The molecule has 6 nitrogen and oxygen atoms in total. The Morgan fingerprint density at radius 2 is 2.16 bits per heavy atom. The second kappa shape index (κ2) is 5.26. The van der Waals surface area contributed by atoms with Gasteiger partial charge in [0.2, 0.25) is 0 Å². The Bertz CT molecular complexity index is 598. The summed E-state index contributed by atoms with van der Waals surface area (Å²) in [4.78, 5) is 15.4. The van der Waals surface area contributed by atoms with E-state index in [1.54, 1.807) is 17.7 Å². The summed E-state index contributed by atoms with van der Waals surface area (Å²) in [5, 5.41) is 13.4. The van der Waals surface area contributed by atoms with Crippen LogP contribution in [0.5, 0.6) is 0 Å². The molecule has 0 radical (unpaired) electrons. The predicted molar refractivity (Wildman–Crippen MR) is 68.3 cm³/mol. The van der Waals surface area contributed by atoms with Gasteiger partial charge in [0.25, 0.3) is 0 Å². The van der Waals surface area contributed by atoms with E-state index in [1.807, 2.05) is 13.8 Å². The Balaban J connectivity index is 2.28. The molecule has 0 fully saturated rings. The van der Waals surface area contributed by atoms with E-state index in [-0.39, 0.29) is 5.56 Å². The maximum absolute atomic E-state index is 11.0. The molecule has 0 aliphatic carbocycles. The smallest absolute Gasteiger partial charge is 0.339 e. The van der Waals surface area contributed by atoms with Crippen LogP contribution in [-0.2, 0) is 19.4 Å². The summed E-state index contributed by atoms with van der Waals surface area (Å²) in [6.45, 7) is 6.06. The summed E-state index contributed by atoms with van der Waals surface area (Å²) in [6.07, 6.45) is 1.55. The highest BCUT2D eigenvalue weighted by Gasteiger charge is 2.15. The lowest BCUT2D eigenvalue weighted by atomic mass is 10.2. The van der Waals surface area contributed by atoms with E-state index >= 15 is 0 Å². The molecule has 19 heavy (non-hydrogen) atoms. The highest BCUT2D eigenvalue weighted by molar-refractivity contribution is 5.88. The van der Waals surface area contributed by atoms with E-state index in [1.165, 1.54) is 0 Å². The monoisotopic (exact) mass is 263 g/mol. The summed E-state index contributed by atoms with van der Waals surface area (Å²) < 4.78 is 7.22. The quantitative estimate of drug-likeness (QED) is 0.892. The Labute approximate surface area is 111 Å². The van der Waals surface area contributed by atoms with E-state index in [2.05, 4.69) is 10.1 Å². The first kappa shape index (κ1) is 13.3. The lowest BCUT2D eigenvalue weighted by Crippen LogP contribution is -2.05. The molecule has 0 saturated heterocycles. The zero-order chi connectivity index (χ0) is 14.0. The minimum absolute atomic E-state index is 0.198. The molecule has 0 unspecified atom stereocenters. The van der Waals surface area contributed by atoms with Crippen molar-refractivity contribution in [3.63, 3.8) is 0 Å². The zero-order valence-electron chi connectivity index (χ0n) is 11.3. The summed E-state index contributed by atoms with van der Waals surface area (Å²) in [5.74, 6) is 1.69. The van der Waals surface area contributed by atoms with Crippen LogP contribution in [-0.4, -0.2) is 25.8 Å². The van der Waals surface area contributed by atoms with Gasteiger partial charge < -0.3 is 9.52 Å². The number of carbonyl (C=O) groups is 1. The standard InChI is InChI=1S/C13H17N3O3/c1-4-11-14-12(5-2)16(15-11)7-9-6-10(13(17)18)8(3)19-9/h6H,4-5,7H2,1-3H3,(H,17,18). The fraction of sp³-hybridized carbons (Fsp3) is 0.462. The van der Waals surface area contributed by atoms with Crippen LogP contribution in [0.1, 0.15) is 47.4 Å². The highest BCUT2D eigenvalue weighted by atomic mass is 16.4. The van der Waals surface area contributed by atoms with Crippen molar-refractivity contribution < 1.29 is 14.3 Å². The van der Waals surface area contributed by atoms with Crippen molar-refractivity contribution in [2.24, 2.45) is 0 Å². The number of hydrogen-bond acceptors (Lipinski definition) is 4. The first-order valence-corrected chi connectivity index (χ1v) is 6.30. The molecular formula is C13H17N3O3. The van der Waals surface area contributed by atoms with Crippen LogP contribution in [0.4, 0.5) is 0 Å². The van der Waals surface area contributed by atoms with Crippen LogP contribution in [0, 0.1) is 6.92 Å². The van der Waals surface area contributed by atoms with Crippen LogP contribution in [0.25, 0.3) is 0 Å². The molecule has 2 heterocycles. The Morgan fingerprint density at radius 3 is 2.68 bits per heavy atom. The Kier molecular flexibility index (Phi) is 3.69. The van der Waals surface area contributed by atoms with Crippen LogP contribution < -0.4 is 0 Å². The largest absolute Gasteiger partial charge is 0.478 e. The second-order valence-electron chi connectivity index (χ2n) is 4.30. The van der Waals surface area contributed by atoms with Crippen molar-refractivity contribution >= 4 is 5.97 Å². The molecular weight excluding hydrogens is 246 g/mol. The van der Waals surface area contributed by atoms with Crippen LogP contribution in [0.2, 0.25) is 0 Å². The van der Waals surface area contributed by atoms with Crippen molar-refractivity contribution in [2.45, 2.75) is 40.2 Å². The lowest BCUT2D eigenvalue weighted by Gasteiger charge is -2.00. The number of carboxylic acid groups (broad SMARTS) is 1. The van der Waals surface area contributed by atoms with Gasteiger partial charge in [0.15, 0.2) is 5.82 Å². The molecule has 0 aliphatic rings. The van der Waals surface area contributed by atoms with E-state index in [9.17, 15) is 4.79 Å². The molecule has 102 valence electrons. The maximum Gasteiger partial charge on any atom is 0.339 e. The first-order valence-electron chi connectivity index (χ1n) is 6.30. The molecule has 1 N–H and O–H groups in total. The van der Waals surface area contributed by atoms with Crippen LogP contribution >= 0.6 is 0 Å². The number of hydrogen-bond donors (Lipinski definition) is 1. The van der Waals surface area contributed by atoms with Gasteiger partial charge in [0.1, 0.15) is 29.5 Å². The average molecular weight is 263 g/mol. The van der Waals surface area contributed by atoms with Crippen molar-refractivity contribution in [1.82, 2.24) is 14.8 Å². The number of nitrogens with zero attached hydrogens (tertiary/aromatic N) is 3. The molecule has 2 aromatic rings. The Hall–Kier alpha value is -2.11. The van der Waals surface area contributed by atoms with Crippen molar-refractivity contribution in [3.8, 4) is 0 Å². The Morgan fingerprint density at radius 1 is 1.42 bits per heavy atom. The first-order chi connectivity index (χ1) is 9.05. The van der Waals surface area contributed by atoms with Crippen molar-refractivity contribution in [1.29, 1.82) is 0 Å². The topological polar surface area (TPSA) is 81.2 Å². The second-order valence-corrected chi connectivity index (χ2v) is 4.30. The molecule has 0 bridgehead atoms. The fourth-order valence-corrected chi connectivity index (χ4v) is 1.95. The molecule has 0 atom stereocenters. The fourth-order valence-electron chi connectivity index (χ4n) is 1.95. The van der Waals surface area contributed by atoms with Gasteiger partial charge in [-0.05, 0) is 13.0 Å². The summed E-state index contributed by atoms with van der Waals surface area (Å²) in [5.41, 5.74) is 0.198. The summed E-state index contributed by atoms with van der Waals surface area (Å²) >= 11 is 0. The minimum atomic E-state index is -0.976. The summed E-state index contributed by atoms with van der Waals surface area (Å²) in [7, 11) is 0.